The molecule has 0 aliphatic carbocycles. The van der Waals surface area contributed by atoms with E-state index in [2.05, 4.69) is 27.7 Å². The number of nitrogens with zero attached hydrogens (tertiary/aromatic N) is 1. The van der Waals surface area contributed by atoms with E-state index in [9.17, 15) is 0 Å². The third kappa shape index (κ3) is 3.76. The van der Waals surface area contributed by atoms with E-state index >= 15 is 0 Å². The number of nitrogens with one attached hydrogen (secondary N) is 1. The van der Waals surface area contributed by atoms with Crippen molar-refractivity contribution < 1.29 is 4.74 Å². The molecule has 0 radical (unpaired) electrons. The van der Waals surface area contributed by atoms with Crippen molar-refractivity contribution in [1.82, 2.24) is 10.2 Å². The van der Waals surface area contributed by atoms with Gasteiger partial charge in [-0.15, -0.1) is 23.7 Å². The van der Waals surface area contributed by atoms with Gasteiger partial charge in [0.1, 0.15) is 5.75 Å². The minimum absolute atomic E-state index is 0. The molecule has 1 aromatic heterocycles. The lowest BCUT2D eigenvalue weighted by molar-refractivity contribution is 0.152. The maximum absolute atomic E-state index is 6.25. The molecule has 6 heteroatoms. The maximum Gasteiger partial charge on any atom is 0.123 e. The average Bonchev–Trinajstić information content (AvgIpc) is 2.93. The summed E-state index contributed by atoms with van der Waals surface area (Å²) in [6.07, 6.45) is 0. The molecule has 0 bridgehead atoms. The maximum atomic E-state index is 6.25. The SMILES string of the molecule is COc1ccccc1C1CNCCN1Cc1sccc1Cl.Cl. The second-order valence-corrected chi connectivity index (χ2v) is 6.53. The molecule has 3 rings (SSSR count). The summed E-state index contributed by atoms with van der Waals surface area (Å²) in [4.78, 5) is 3.71. The van der Waals surface area contributed by atoms with Gasteiger partial charge in [-0.05, 0) is 17.5 Å². The first-order chi connectivity index (χ1) is 10.3. The van der Waals surface area contributed by atoms with Crippen LogP contribution in [0.15, 0.2) is 35.7 Å². The van der Waals surface area contributed by atoms with E-state index in [4.69, 9.17) is 16.3 Å². The summed E-state index contributed by atoms with van der Waals surface area (Å²) < 4.78 is 5.53. The molecule has 1 aliphatic heterocycles. The van der Waals surface area contributed by atoms with E-state index in [1.165, 1.54) is 10.4 Å². The zero-order chi connectivity index (χ0) is 14.7. The Morgan fingerprint density at radius 1 is 1.36 bits per heavy atom. The summed E-state index contributed by atoms with van der Waals surface area (Å²) >= 11 is 7.98. The van der Waals surface area contributed by atoms with Gasteiger partial charge in [-0.3, -0.25) is 4.90 Å². The molecule has 1 unspecified atom stereocenters. The van der Waals surface area contributed by atoms with Crippen LogP contribution in [0.5, 0.6) is 5.75 Å². The Bertz CT molecular complexity index is 605. The number of methoxy groups -OCH3 is 1. The molecule has 0 amide bonds. The molecule has 2 heterocycles. The van der Waals surface area contributed by atoms with Crippen molar-refractivity contribution in [2.45, 2.75) is 12.6 Å². The minimum atomic E-state index is 0. The molecule has 1 aliphatic rings. The molecule has 0 saturated carbocycles. The zero-order valence-electron chi connectivity index (χ0n) is 12.4. The van der Waals surface area contributed by atoms with Crippen molar-refractivity contribution in [3.05, 3.63) is 51.2 Å². The van der Waals surface area contributed by atoms with E-state index in [1.807, 2.05) is 18.2 Å². The first-order valence-corrected chi connectivity index (χ1v) is 8.35. The van der Waals surface area contributed by atoms with Gasteiger partial charge in [0.15, 0.2) is 0 Å². The largest absolute Gasteiger partial charge is 0.496 e. The molecule has 2 aromatic rings. The van der Waals surface area contributed by atoms with Gasteiger partial charge in [0.2, 0.25) is 0 Å². The summed E-state index contributed by atoms with van der Waals surface area (Å²) in [5.41, 5.74) is 1.24. The summed E-state index contributed by atoms with van der Waals surface area (Å²) in [7, 11) is 1.73. The molecular weight excluding hydrogens is 339 g/mol. The number of hydrogen-bond acceptors (Lipinski definition) is 4. The lowest BCUT2D eigenvalue weighted by atomic mass is 10.0. The summed E-state index contributed by atoms with van der Waals surface area (Å²) in [6, 6.07) is 10.6. The number of hydrogen-bond donors (Lipinski definition) is 1. The first-order valence-electron chi connectivity index (χ1n) is 7.09. The summed E-state index contributed by atoms with van der Waals surface area (Å²) in [6.45, 7) is 3.84. The summed E-state index contributed by atoms with van der Waals surface area (Å²) in [5.74, 6) is 0.952. The van der Waals surface area contributed by atoms with Crippen LogP contribution in [0.3, 0.4) is 0 Å². The molecule has 0 spiro atoms. The average molecular weight is 359 g/mol. The van der Waals surface area contributed by atoms with Gasteiger partial charge in [-0.25, -0.2) is 0 Å². The highest BCUT2D eigenvalue weighted by Gasteiger charge is 2.26. The van der Waals surface area contributed by atoms with Crippen LogP contribution in [0.4, 0.5) is 0 Å². The molecule has 1 aromatic carbocycles. The number of ether oxygens (including phenoxy) is 1. The second-order valence-electron chi connectivity index (χ2n) is 5.12. The highest BCUT2D eigenvalue weighted by molar-refractivity contribution is 7.10. The number of rotatable bonds is 4. The van der Waals surface area contributed by atoms with Crippen molar-refractivity contribution in [1.29, 1.82) is 0 Å². The van der Waals surface area contributed by atoms with Crippen molar-refractivity contribution in [2.24, 2.45) is 0 Å². The van der Waals surface area contributed by atoms with E-state index in [0.29, 0.717) is 6.04 Å². The van der Waals surface area contributed by atoms with E-state index in [-0.39, 0.29) is 12.4 Å². The van der Waals surface area contributed by atoms with Crippen molar-refractivity contribution in [2.75, 3.05) is 26.7 Å². The fraction of sp³-hybridized carbons (Fsp3) is 0.375. The molecular formula is C16H20Cl2N2OS. The number of piperazine rings is 1. The van der Waals surface area contributed by atoms with Crippen LogP contribution < -0.4 is 10.1 Å². The molecule has 120 valence electrons. The summed E-state index contributed by atoms with van der Waals surface area (Å²) in [5, 5.41) is 6.41. The number of thiophene rings is 1. The minimum Gasteiger partial charge on any atom is -0.496 e. The van der Waals surface area contributed by atoms with Gasteiger partial charge in [0.25, 0.3) is 0 Å². The number of benzene rings is 1. The van der Waals surface area contributed by atoms with Gasteiger partial charge in [-0.2, -0.15) is 0 Å². The Balaban J connectivity index is 0.00000176. The Labute approximate surface area is 146 Å². The Hall–Kier alpha value is -0.780. The molecule has 22 heavy (non-hydrogen) atoms. The van der Waals surface area contributed by atoms with E-state index in [0.717, 1.165) is 37.0 Å². The van der Waals surface area contributed by atoms with Crippen LogP contribution >= 0.6 is 35.3 Å². The van der Waals surface area contributed by atoms with E-state index < -0.39 is 0 Å². The lowest BCUT2D eigenvalue weighted by Crippen LogP contribution is -2.45. The second kappa shape index (κ2) is 8.18. The van der Waals surface area contributed by atoms with Crippen LogP contribution in [-0.4, -0.2) is 31.6 Å². The van der Waals surface area contributed by atoms with Crippen LogP contribution in [0, 0.1) is 0 Å². The highest BCUT2D eigenvalue weighted by atomic mass is 35.5. The van der Waals surface area contributed by atoms with Gasteiger partial charge >= 0.3 is 0 Å². The molecule has 1 N–H and O–H groups in total. The molecule has 1 atom stereocenters. The molecule has 1 fully saturated rings. The van der Waals surface area contributed by atoms with Crippen LogP contribution in [0.2, 0.25) is 5.02 Å². The van der Waals surface area contributed by atoms with Crippen molar-refractivity contribution in [3.63, 3.8) is 0 Å². The molecule has 1 saturated heterocycles. The van der Waals surface area contributed by atoms with Crippen LogP contribution in [0.25, 0.3) is 0 Å². The lowest BCUT2D eigenvalue weighted by Gasteiger charge is -2.36. The standard InChI is InChI=1S/C16H19ClN2OS.ClH/c1-20-15-5-3-2-4-12(15)14-10-18-7-8-19(14)11-16-13(17)6-9-21-16;/h2-6,9,14,18H,7-8,10-11H2,1H3;1H. The third-order valence-corrected chi connectivity index (χ3v) is 5.26. The van der Waals surface area contributed by atoms with Crippen LogP contribution in [-0.2, 0) is 6.54 Å². The van der Waals surface area contributed by atoms with Crippen LogP contribution in [0.1, 0.15) is 16.5 Å². The van der Waals surface area contributed by atoms with Gasteiger partial charge < -0.3 is 10.1 Å². The highest BCUT2D eigenvalue weighted by Crippen LogP contribution is 2.33. The number of para-hydroxylation sites is 1. The van der Waals surface area contributed by atoms with Crippen molar-refractivity contribution >= 4 is 35.3 Å². The zero-order valence-corrected chi connectivity index (χ0v) is 14.8. The quantitative estimate of drug-likeness (QED) is 0.894. The topological polar surface area (TPSA) is 24.5 Å². The normalized spacial score (nSPS) is 18.7. The predicted molar refractivity (Wildman–Crippen MR) is 95.6 cm³/mol. The monoisotopic (exact) mass is 358 g/mol. The van der Waals surface area contributed by atoms with Gasteiger partial charge in [-0.1, -0.05) is 29.8 Å². The first kappa shape index (κ1) is 17.6. The fourth-order valence-corrected chi connectivity index (χ4v) is 3.93. The Kier molecular flexibility index (Phi) is 6.53. The molecule has 3 nitrogen and oxygen atoms in total. The Morgan fingerprint density at radius 3 is 2.91 bits per heavy atom. The van der Waals surface area contributed by atoms with Gasteiger partial charge in [0, 0.05) is 36.6 Å². The Morgan fingerprint density at radius 2 is 2.18 bits per heavy atom. The fourth-order valence-electron chi connectivity index (χ4n) is 2.81. The van der Waals surface area contributed by atoms with Gasteiger partial charge in [0.05, 0.1) is 18.2 Å². The number of halogens is 2. The third-order valence-electron chi connectivity index (χ3n) is 3.89. The predicted octanol–water partition coefficient (Wildman–Crippen LogP) is 3.98. The smallest absolute Gasteiger partial charge is 0.123 e. The van der Waals surface area contributed by atoms with E-state index in [1.54, 1.807) is 18.4 Å². The van der Waals surface area contributed by atoms with Crippen molar-refractivity contribution in [3.8, 4) is 5.75 Å².